The Hall–Kier alpha value is -2.79. The van der Waals surface area contributed by atoms with Gasteiger partial charge in [-0.05, 0) is 38.7 Å². The number of hydrogen-bond donors (Lipinski definition) is 6. The Morgan fingerprint density at radius 2 is 1.98 bits per heavy atom. The number of phosphoric acid groups is 2. The zero-order valence-corrected chi connectivity index (χ0v) is 23.6. The van der Waals surface area contributed by atoms with E-state index in [0.29, 0.717) is 30.9 Å². The second kappa shape index (κ2) is 11.8. The van der Waals surface area contributed by atoms with Crippen molar-refractivity contribution in [3.05, 3.63) is 34.8 Å². The highest BCUT2D eigenvalue weighted by molar-refractivity contribution is 7.47. The van der Waals surface area contributed by atoms with Gasteiger partial charge in [-0.2, -0.15) is 4.98 Å². The molecule has 2 aliphatic rings. The van der Waals surface area contributed by atoms with Crippen molar-refractivity contribution in [2.45, 2.75) is 57.1 Å². The van der Waals surface area contributed by atoms with Gasteiger partial charge in [0.15, 0.2) is 11.2 Å². The summed E-state index contributed by atoms with van der Waals surface area (Å²) in [7, 11) is -9.40. The van der Waals surface area contributed by atoms with Crippen molar-refractivity contribution < 1.29 is 42.1 Å². The number of aromatic nitrogens is 6. The molecule has 1 aliphatic heterocycles. The second-order valence-electron chi connectivity index (χ2n) is 9.82. The van der Waals surface area contributed by atoms with Gasteiger partial charge in [0, 0.05) is 18.2 Å². The van der Waals surface area contributed by atoms with Gasteiger partial charge in [-0.1, -0.05) is 0 Å². The average Bonchev–Trinajstić information content (AvgIpc) is 3.59. The summed E-state index contributed by atoms with van der Waals surface area (Å²) in [6.45, 7) is 1.05. The first kappa shape index (κ1) is 29.7. The van der Waals surface area contributed by atoms with E-state index < -0.39 is 52.2 Å². The number of rotatable bonds is 11. The SMILES string of the molecule is Cc1nccc(N[C@@H]2C[C@H](COP(=O)(O)O)[C@@H](OP(=O)(O)OC[C@@H]3CC[C@H](n4cnc5c(=O)[nH]c(N)nc54)O3)C2)n1. The highest BCUT2D eigenvalue weighted by atomic mass is 31.2. The predicted octanol–water partition coefficient (Wildman–Crippen LogP) is 0.980. The van der Waals surface area contributed by atoms with Crippen molar-refractivity contribution in [1.29, 1.82) is 0 Å². The van der Waals surface area contributed by atoms with E-state index in [1.807, 2.05) is 0 Å². The van der Waals surface area contributed by atoms with E-state index in [1.165, 1.54) is 6.33 Å². The van der Waals surface area contributed by atoms with Crippen molar-refractivity contribution in [3.8, 4) is 0 Å². The van der Waals surface area contributed by atoms with Crippen LogP contribution in [-0.2, 0) is 27.4 Å². The lowest BCUT2D eigenvalue weighted by atomic mass is 10.1. The van der Waals surface area contributed by atoms with Gasteiger partial charge >= 0.3 is 15.6 Å². The number of aromatic amines is 1. The Morgan fingerprint density at radius 1 is 1.17 bits per heavy atom. The summed E-state index contributed by atoms with van der Waals surface area (Å²) in [6, 6.07) is 1.37. The number of nitrogens with two attached hydrogens (primary N) is 1. The Labute approximate surface area is 232 Å². The van der Waals surface area contributed by atoms with Crippen molar-refractivity contribution in [2.75, 3.05) is 24.3 Å². The minimum atomic E-state index is -4.78. The van der Waals surface area contributed by atoms with E-state index in [0.717, 1.165) is 0 Å². The molecule has 18 nitrogen and oxygen atoms in total. The smallest absolute Gasteiger partial charge is 0.369 e. The maximum absolute atomic E-state index is 12.9. The molecule has 41 heavy (non-hydrogen) atoms. The fourth-order valence-electron chi connectivity index (χ4n) is 4.99. The highest BCUT2D eigenvalue weighted by Crippen LogP contribution is 2.50. The monoisotopic (exact) mass is 616 g/mol. The molecule has 6 atom stereocenters. The van der Waals surface area contributed by atoms with E-state index in [1.54, 1.807) is 23.8 Å². The summed E-state index contributed by atoms with van der Waals surface area (Å²) in [5.41, 5.74) is 5.52. The van der Waals surface area contributed by atoms with Gasteiger partial charge in [0.1, 0.15) is 17.9 Å². The van der Waals surface area contributed by atoms with Crippen molar-refractivity contribution >= 4 is 38.6 Å². The maximum Gasteiger partial charge on any atom is 0.472 e. The normalized spacial score (nSPS) is 26.4. The molecule has 0 spiro atoms. The van der Waals surface area contributed by atoms with Gasteiger partial charge in [0.25, 0.3) is 5.56 Å². The van der Waals surface area contributed by atoms with Gasteiger partial charge < -0.3 is 30.5 Å². The number of imidazole rings is 1. The van der Waals surface area contributed by atoms with Crippen LogP contribution in [0.15, 0.2) is 23.4 Å². The lowest BCUT2D eigenvalue weighted by Crippen LogP contribution is -2.23. The third kappa shape index (κ3) is 7.54. The van der Waals surface area contributed by atoms with Crippen LogP contribution < -0.4 is 16.6 Å². The molecule has 224 valence electrons. The standard InChI is InChI=1S/C21H30N8O10P2/c1-11-23-5-4-16(25-11)26-13-6-12(8-36-40(31,32)33)15(7-13)39-41(34,35)37-9-14-2-3-17(38-14)29-10-24-18-19(29)27-21(22)28-20(18)30/h4-5,10,12-15,17H,2-3,6-9H2,1H3,(H,34,35)(H,23,25,26)(H2,31,32,33)(H3,22,27,28,30)/t12-,13-,14+,15+,17-/m1/s1. The Balaban J connectivity index is 1.19. The van der Waals surface area contributed by atoms with Crippen molar-refractivity contribution in [3.63, 3.8) is 0 Å². The summed E-state index contributed by atoms with van der Waals surface area (Å²) in [4.78, 5) is 59.7. The number of anilines is 2. The zero-order valence-electron chi connectivity index (χ0n) is 21.8. The molecule has 2 fully saturated rings. The molecule has 0 radical (unpaired) electrons. The molecule has 4 heterocycles. The van der Waals surface area contributed by atoms with Crippen LogP contribution in [0.1, 0.15) is 37.7 Å². The Morgan fingerprint density at radius 3 is 2.73 bits per heavy atom. The van der Waals surface area contributed by atoms with Crippen LogP contribution in [0.2, 0.25) is 0 Å². The minimum absolute atomic E-state index is 0.0681. The summed E-state index contributed by atoms with van der Waals surface area (Å²) in [6.07, 6.45) is 2.44. The molecule has 3 aromatic rings. The average molecular weight is 616 g/mol. The van der Waals surface area contributed by atoms with Crippen LogP contribution in [0.5, 0.6) is 0 Å². The van der Waals surface area contributed by atoms with Crippen LogP contribution in [0.25, 0.3) is 11.2 Å². The fraction of sp³-hybridized carbons (Fsp3) is 0.571. The molecule has 1 saturated carbocycles. The first-order valence-electron chi connectivity index (χ1n) is 12.6. The van der Waals surface area contributed by atoms with Crippen LogP contribution >= 0.6 is 15.6 Å². The third-order valence-electron chi connectivity index (χ3n) is 6.75. The molecule has 7 N–H and O–H groups in total. The maximum atomic E-state index is 12.9. The third-order valence-corrected chi connectivity index (χ3v) is 8.25. The summed E-state index contributed by atoms with van der Waals surface area (Å²) < 4.78 is 47.0. The van der Waals surface area contributed by atoms with E-state index in [2.05, 4.69) is 34.8 Å². The molecule has 3 aromatic heterocycles. The number of fused-ring (bicyclic) bond motifs is 1. The fourth-order valence-corrected chi connectivity index (χ4v) is 6.40. The molecule has 1 unspecified atom stereocenters. The first-order chi connectivity index (χ1) is 19.3. The summed E-state index contributed by atoms with van der Waals surface area (Å²) in [5, 5.41) is 3.18. The van der Waals surface area contributed by atoms with E-state index in [4.69, 9.17) is 29.3 Å². The molecule has 1 aliphatic carbocycles. The van der Waals surface area contributed by atoms with Crippen LogP contribution in [0.4, 0.5) is 11.8 Å². The quantitative estimate of drug-likeness (QED) is 0.164. The molecule has 0 aromatic carbocycles. The number of phosphoric ester groups is 2. The van der Waals surface area contributed by atoms with Crippen LogP contribution in [-0.4, -0.2) is 75.6 Å². The number of nitrogen functional groups attached to an aromatic ring is 1. The lowest BCUT2D eigenvalue weighted by molar-refractivity contribution is -0.0261. The number of ether oxygens (including phenoxy) is 1. The van der Waals surface area contributed by atoms with E-state index in [-0.39, 0.29) is 36.2 Å². The predicted molar refractivity (Wildman–Crippen MR) is 141 cm³/mol. The summed E-state index contributed by atoms with van der Waals surface area (Å²) >= 11 is 0. The lowest BCUT2D eigenvalue weighted by Gasteiger charge is -2.23. The van der Waals surface area contributed by atoms with Gasteiger partial charge in [-0.3, -0.25) is 27.9 Å². The first-order valence-corrected chi connectivity index (χ1v) is 15.7. The van der Waals surface area contributed by atoms with Crippen molar-refractivity contribution in [2.24, 2.45) is 5.92 Å². The minimum Gasteiger partial charge on any atom is -0.369 e. The van der Waals surface area contributed by atoms with Gasteiger partial charge in [0.2, 0.25) is 5.95 Å². The number of nitrogens with one attached hydrogen (secondary N) is 2. The molecule has 1 saturated heterocycles. The van der Waals surface area contributed by atoms with Gasteiger partial charge in [0.05, 0.1) is 31.7 Å². The van der Waals surface area contributed by atoms with E-state index in [9.17, 15) is 18.8 Å². The Bertz CT molecular complexity index is 1550. The highest BCUT2D eigenvalue weighted by Gasteiger charge is 2.42. The van der Waals surface area contributed by atoms with Crippen LogP contribution in [0.3, 0.4) is 0 Å². The van der Waals surface area contributed by atoms with Gasteiger partial charge in [-0.25, -0.2) is 24.1 Å². The largest absolute Gasteiger partial charge is 0.472 e. The van der Waals surface area contributed by atoms with Crippen LogP contribution in [0, 0.1) is 12.8 Å². The number of H-pyrrole nitrogens is 1. The van der Waals surface area contributed by atoms with Crippen molar-refractivity contribution in [1.82, 2.24) is 29.5 Å². The molecule has 0 amide bonds. The van der Waals surface area contributed by atoms with E-state index >= 15 is 0 Å². The molecule has 5 rings (SSSR count). The summed E-state index contributed by atoms with van der Waals surface area (Å²) in [5.74, 6) is 0.378. The zero-order chi connectivity index (χ0) is 29.4. The number of nitrogens with zero attached hydrogens (tertiary/aromatic N) is 5. The number of hydrogen-bond acceptors (Lipinski definition) is 13. The van der Waals surface area contributed by atoms with Gasteiger partial charge in [-0.15, -0.1) is 0 Å². The second-order valence-corrected chi connectivity index (χ2v) is 12.5. The molecular formula is C21H30N8O10P2. The molecule has 20 heteroatoms. The Kier molecular flexibility index (Phi) is 8.57. The number of aryl methyl sites for hydroxylation is 1. The molecular weight excluding hydrogens is 586 g/mol. The topological polar surface area (TPSA) is 259 Å². The molecule has 0 bridgehead atoms.